The van der Waals surface area contributed by atoms with Gasteiger partial charge in [0, 0.05) is 37.1 Å². The summed E-state index contributed by atoms with van der Waals surface area (Å²) in [5.41, 5.74) is 4.23. The molecule has 0 unspecified atom stereocenters. The van der Waals surface area contributed by atoms with Gasteiger partial charge in [-0.25, -0.2) is 4.68 Å². The number of para-hydroxylation sites is 1. The van der Waals surface area contributed by atoms with Crippen molar-refractivity contribution >= 4 is 17.5 Å². The van der Waals surface area contributed by atoms with Crippen LogP contribution in [0, 0.1) is 12.8 Å². The minimum Gasteiger partial charge on any atom is -0.338 e. The van der Waals surface area contributed by atoms with Gasteiger partial charge in [0.2, 0.25) is 5.91 Å². The number of anilines is 1. The van der Waals surface area contributed by atoms with Crippen LogP contribution in [0.1, 0.15) is 54.2 Å². The van der Waals surface area contributed by atoms with E-state index in [1.807, 2.05) is 88.1 Å². The zero-order valence-corrected chi connectivity index (χ0v) is 21.6. The molecule has 7 heteroatoms. The molecule has 5 rings (SSSR count). The Hall–Kier alpha value is -4.13. The summed E-state index contributed by atoms with van der Waals surface area (Å²) in [5.74, 6) is 1.03. The normalized spacial score (nSPS) is 14.2. The molecule has 4 aromatic rings. The number of nitrogens with zero attached hydrogens (tertiary/aromatic N) is 4. The highest BCUT2D eigenvalue weighted by Gasteiger charge is 2.32. The van der Waals surface area contributed by atoms with E-state index < -0.39 is 0 Å². The van der Waals surface area contributed by atoms with Crippen LogP contribution in [0.4, 0.5) is 5.69 Å². The van der Waals surface area contributed by atoms with E-state index >= 15 is 0 Å². The third kappa shape index (κ3) is 5.07. The Morgan fingerprint density at radius 2 is 1.57 bits per heavy atom. The fourth-order valence-corrected chi connectivity index (χ4v) is 4.93. The highest BCUT2D eigenvalue weighted by molar-refractivity contribution is 5.99. The molecule has 0 atom stereocenters. The van der Waals surface area contributed by atoms with Gasteiger partial charge >= 0.3 is 0 Å². The smallest absolute Gasteiger partial charge is 0.259 e. The second kappa shape index (κ2) is 10.5. The number of nitrogens with one attached hydrogen (secondary N) is 1. The second-order valence-corrected chi connectivity index (χ2v) is 9.95. The van der Waals surface area contributed by atoms with Gasteiger partial charge in [-0.1, -0.05) is 44.2 Å². The highest BCUT2D eigenvalue weighted by atomic mass is 16.2. The van der Waals surface area contributed by atoms with Crippen LogP contribution in [0.2, 0.25) is 0 Å². The lowest BCUT2D eigenvalue weighted by Crippen LogP contribution is -2.41. The number of aromatic nitrogens is 3. The summed E-state index contributed by atoms with van der Waals surface area (Å²) in [5, 5.41) is 7.80. The van der Waals surface area contributed by atoms with Gasteiger partial charge in [-0.2, -0.15) is 5.10 Å². The second-order valence-electron chi connectivity index (χ2n) is 9.95. The molecule has 0 saturated carbocycles. The van der Waals surface area contributed by atoms with Gasteiger partial charge in [-0.05, 0) is 67.6 Å². The Kier molecular flexibility index (Phi) is 6.95. The van der Waals surface area contributed by atoms with Crippen LogP contribution in [0.15, 0.2) is 79.1 Å². The number of amides is 2. The first-order valence-electron chi connectivity index (χ1n) is 12.9. The van der Waals surface area contributed by atoms with Crippen molar-refractivity contribution in [2.45, 2.75) is 39.5 Å². The molecule has 2 amide bonds. The topological polar surface area (TPSA) is 72.2 Å². The van der Waals surface area contributed by atoms with Crippen molar-refractivity contribution in [2.24, 2.45) is 5.92 Å². The number of carbonyl (C=O) groups excluding carboxylic acids is 2. The van der Waals surface area contributed by atoms with E-state index in [1.165, 1.54) is 5.56 Å². The Bertz CT molecular complexity index is 1360. The molecule has 3 heterocycles. The fourth-order valence-electron chi connectivity index (χ4n) is 4.93. The molecule has 37 heavy (non-hydrogen) atoms. The molecule has 1 saturated heterocycles. The van der Waals surface area contributed by atoms with Gasteiger partial charge in [-0.15, -0.1) is 0 Å². The van der Waals surface area contributed by atoms with Crippen LogP contribution in [0.25, 0.3) is 11.5 Å². The number of aryl methyl sites for hydroxylation is 1. The molecule has 1 N–H and O–H groups in total. The lowest BCUT2D eigenvalue weighted by molar-refractivity contribution is -0.121. The van der Waals surface area contributed by atoms with Crippen LogP contribution in [0.5, 0.6) is 0 Å². The summed E-state index contributed by atoms with van der Waals surface area (Å²) in [6.07, 6.45) is 5.12. The van der Waals surface area contributed by atoms with Crippen molar-refractivity contribution in [3.05, 3.63) is 95.9 Å². The molecule has 0 aliphatic carbocycles. The molecule has 0 radical (unpaired) electrons. The average Bonchev–Trinajstić information content (AvgIpc) is 3.57. The largest absolute Gasteiger partial charge is 0.338 e. The monoisotopic (exact) mass is 495 g/mol. The Morgan fingerprint density at radius 3 is 2.19 bits per heavy atom. The number of piperidine rings is 1. The number of hydrogen-bond donors (Lipinski definition) is 1. The van der Waals surface area contributed by atoms with Crippen molar-refractivity contribution in [3.8, 4) is 11.5 Å². The molecule has 190 valence electrons. The van der Waals surface area contributed by atoms with E-state index in [9.17, 15) is 9.59 Å². The molecular weight excluding hydrogens is 462 g/mol. The molecule has 2 aromatic carbocycles. The predicted octanol–water partition coefficient (Wildman–Crippen LogP) is 5.59. The maximum absolute atomic E-state index is 13.8. The van der Waals surface area contributed by atoms with E-state index in [0.717, 1.165) is 17.2 Å². The third-order valence-electron chi connectivity index (χ3n) is 7.10. The molecule has 0 spiro atoms. The first-order chi connectivity index (χ1) is 17.9. The number of rotatable bonds is 6. The highest BCUT2D eigenvalue weighted by Crippen LogP contribution is 2.27. The molecular formula is C30H33N5O2. The average molecular weight is 496 g/mol. The first-order valence-corrected chi connectivity index (χ1v) is 12.9. The van der Waals surface area contributed by atoms with E-state index in [4.69, 9.17) is 5.10 Å². The van der Waals surface area contributed by atoms with Gasteiger partial charge in [0.15, 0.2) is 5.82 Å². The van der Waals surface area contributed by atoms with E-state index in [-0.39, 0.29) is 17.7 Å². The van der Waals surface area contributed by atoms with E-state index in [2.05, 4.69) is 31.3 Å². The fraction of sp³-hybridized carbons (Fsp3) is 0.300. The molecule has 7 nitrogen and oxygen atoms in total. The van der Waals surface area contributed by atoms with Gasteiger partial charge in [-0.3, -0.25) is 9.59 Å². The summed E-state index contributed by atoms with van der Waals surface area (Å²) in [4.78, 5) is 28.6. The molecule has 2 aromatic heterocycles. The lowest BCUT2D eigenvalue weighted by atomic mass is 9.95. The number of likely N-dealkylation sites (tertiary alicyclic amines) is 1. The Labute approximate surface area is 217 Å². The first kappa shape index (κ1) is 24.6. The lowest BCUT2D eigenvalue weighted by Gasteiger charge is -2.31. The summed E-state index contributed by atoms with van der Waals surface area (Å²) >= 11 is 0. The van der Waals surface area contributed by atoms with Crippen LogP contribution in [-0.2, 0) is 4.79 Å². The molecule has 1 aliphatic rings. The van der Waals surface area contributed by atoms with Gasteiger partial charge in [0.05, 0.1) is 11.4 Å². The molecule has 1 fully saturated rings. The quantitative estimate of drug-likeness (QED) is 0.379. The third-order valence-corrected chi connectivity index (χ3v) is 7.10. The van der Waals surface area contributed by atoms with Crippen LogP contribution < -0.4 is 5.32 Å². The minimum absolute atomic E-state index is 0.0190. The maximum Gasteiger partial charge on any atom is 0.259 e. The van der Waals surface area contributed by atoms with Crippen molar-refractivity contribution in [1.29, 1.82) is 0 Å². The Balaban J connectivity index is 1.31. The van der Waals surface area contributed by atoms with Crippen molar-refractivity contribution in [1.82, 2.24) is 19.2 Å². The summed E-state index contributed by atoms with van der Waals surface area (Å²) in [6.45, 7) is 7.25. The van der Waals surface area contributed by atoms with Crippen LogP contribution >= 0.6 is 0 Å². The van der Waals surface area contributed by atoms with Crippen molar-refractivity contribution in [2.75, 3.05) is 18.4 Å². The van der Waals surface area contributed by atoms with Crippen LogP contribution in [-0.4, -0.2) is 44.2 Å². The standard InChI is InChI=1S/C30H33N5O2/c1-21(2)23-11-13-25(14-12-23)31-28(36)24-15-19-34(20-16-24)30(37)27-22(3)32-35(26-9-5-4-6-10-26)29(27)33-17-7-8-18-33/h4-14,17-18,21,24H,15-16,19-20H2,1-3H3,(H,31,36). The summed E-state index contributed by atoms with van der Waals surface area (Å²) in [6, 6.07) is 21.8. The SMILES string of the molecule is Cc1nn(-c2ccccc2)c(-n2cccc2)c1C(=O)N1CCC(C(=O)Nc2ccc(C(C)C)cc2)CC1. The van der Waals surface area contributed by atoms with Crippen molar-refractivity contribution in [3.63, 3.8) is 0 Å². The minimum atomic E-state index is -0.120. The predicted molar refractivity (Wildman–Crippen MR) is 145 cm³/mol. The summed E-state index contributed by atoms with van der Waals surface area (Å²) < 4.78 is 3.76. The van der Waals surface area contributed by atoms with Crippen LogP contribution in [0.3, 0.4) is 0 Å². The molecule has 1 aliphatic heterocycles. The van der Waals surface area contributed by atoms with Gasteiger partial charge in [0.1, 0.15) is 5.56 Å². The number of benzene rings is 2. The zero-order chi connectivity index (χ0) is 25.9. The molecule has 0 bridgehead atoms. The van der Waals surface area contributed by atoms with E-state index in [1.54, 1.807) is 0 Å². The number of hydrogen-bond acceptors (Lipinski definition) is 3. The van der Waals surface area contributed by atoms with E-state index in [0.29, 0.717) is 43.1 Å². The van der Waals surface area contributed by atoms with Gasteiger partial charge in [0.25, 0.3) is 5.91 Å². The number of carbonyl (C=O) groups is 2. The van der Waals surface area contributed by atoms with Crippen molar-refractivity contribution < 1.29 is 9.59 Å². The van der Waals surface area contributed by atoms with Gasteiger partial charge < -0.3 is 14.8 Å². The maximum atomic E-state index is 13.8. The Morgan fingerprint density at radius 1 is 0.919 bits per heavy atom. The summed E-state index contributed by atoms with van der Waals surface area (Å²) in [7, 11) is 0. The zero-order valence-electron chi connectivity index (χ0n) is 21.6.